The van der Waals surface area contributed by atoms with Gasteiger partial charge in [0.05, 0.1) is 6.04 Å². The third-order valence-electron chi connectivity index (χ3n) is 2.05. The third-order valence-corrected chi connectivity index (χ3v) is 2.37. The highest BCUT2D eigenvalue weighted by molar-refractivity contribution is 7.74. The Labute approximate surface area is 83.9 Å². The monoisotopic (exact) mass is 218 g/mol. The molecular formula is C7H10N2O4S. The van der Waals surface area contributed by atoms with Crippen LogP contribution in [0.1, 0.15) is 12.8 Å². The molecule has 7 heteroatoms. The maximum atomic E-state index is 11.4. The van der Waals surface area contributed by atoms with Crippen LogP contribution >= 0.6 is 0 Å². The van der Waals surface area contributed by atoms with Crippen molar-refractivity contribution in [2.75, 3.05) is 13.2 Å². The minimum Gasteiger partial charge on any atom is -0.300 e. The van der Waals surface area contributed by atoms with E-state index in [-0.39, 0.29) is 5.78 Å². The van der Waals surface area contributed by atoms with Gasteiger partial charge in [0.2, 0.25) is 0 Å². The van der Waals surface area contributed by atoms with Crippen LogP contribution < -0.4 is 0 Å². The zero-order valence-corrected chi connectivity index (χ0v) is 8.20. The Bertz CT molecular complexity index is 288. The van der Waals surface area contributed by atoms with E-state index in [0.717, 1.165) is 6.42 Å². The van der Waals surface area contributed by atoms with Gasteiger partial charge in [0, 0.05) is 6.54 Å². The second-order valence-electron chi connectivity index (χ2n) is 2.90. The predicted octanol–water partition coefficient (Wildman–Crippen LogP) is -0.346. The fraction of sp³-hybridized carbons (Fsp3) is 0.714. The van der Waals surface area contributed by atoms with Gasteiger partial charge in [0.25, 0.3) is 0 Å². The van der Waals surface area contributed by atoms with E-state index in [2.05, 4.69) is 4.18 Å². The van der Waals surface area contributed by atoms with Gasteiger partial charge < -0.3 is 4.90 Å². The summed E-state index contributed by atoms with van der Waals surface area (Å²) >= 11 is -2.42. The van der Waals surface area contributed by atoms with Crippen LogP contribution in [0.25, 0.3) is 0 Å². The van der Waals surface area contributed by atoms with Crippen molar-refractivity contribution < 1.29 is 17.7 Å². The van der Waals surface area contributed by atoms with Crippen LogP contribution in [0.3, 0.4) is 0 Å². The summed E-state index contributed by atoms with van der Waals surface area (Å²) in [5.74, 6) is -0.327. The summed E-state index contributed by atoms with van der Waals surface area (Å²) < 4.78 is 22.7. The first-order valence-corrected chi connectivity index (χ1v) is 5.11. The van der Waals surface area contributed by atoms with Gasteiger partial charge in [-0.05, 0) is 12.8 Å². The second kappa shape index (κ2) is 5.05. The van der Waals surface area contributed by atoms with E-state index in [0.29, 0.717) is 13.0 Å². The molecule has 1 rings (SSSR count). The summed E-state index contributed by atoms with van der Waals surface area (Å²) in [6.45, 7) is 0.140. The van der Waals surface area contributed by atoms with Crippen molar-refractivity contribution >= 4 is 17.1 Å². The molecule has 0 aromatic carbocycles. The van der Waals surface area contributed by atoms with Crippen molar-refractivity contribution in [1.29, 1.82) is 5.26 Å². The molecule has 1 aliphatic heterocycles. The zero-order chi connectivity index (χ0) is 10.6. The van der Waals surface area contributed by atoms with E-state index in [1.807, 2.05) is 6.19 Å². The van der Waals surface area contributed by atoms with Crippen LogP contribution in [0.5, 0.6) is 0 Å². The average Bonchev–Trinajstić information content (AvgIpc) is 2.61. The molecule has 78 valence electrons. The van der Waals surface area contributed by atoms with E-state index < -0.39 is 24.0 Å². The number of ketones is 1. The van der Waals surface area contributed by atoms with E-state index in [9.17, 15) is 9.00 Å². The first-order valence-electron chi connectivity index (χ1n) is 4.08. The number of carbonyl (C=O) groups excluding carboxylic acids is 1. The summed E-state index contributed by atoms with van der Waals surface area (Å²) in [6, 6.07) is -0.483. The molecule has 1 aliphatic rings. The maximum absolute atomic E-state index is 11.4. The molecule has 0 bridgehead atoms. The molecule has 0 aromatic rings. The number of rotatable bonds is 4. The van der Waals surface area contributed by atoms with Gasteiger partial charge >= 0.3 is 11.4 Å². The number of carbonyl (C=O) groups is 1. The summed E-state index contributed by atoms with van der Waals surface area (Å²) in [4.78, 5) is 12.7. The molecule has 6 nitrogen and oxygen atoms in total. The number of likely N-dealkylation sites (tertiary alicyclic amines) is 1. The van der Waals surface area contributed by atoms with Crippen LogP contribution in [0.2, 0.25) is 0 Å². The molecule has 1 N–H and O–H groups in total. The molecule has 1 saturated heterocycles. The van der Waals surface area contributed by atoms with E-state index in [1.54, 1.807) is 0 Å². The van der Waals surface area contributed by atoms with Crippen molar-refractivity contribution in [1.82, 2.24) is 4.90 Å². The predicted molar refractivity (Wildman–Crippen MR) is 47.1 cm³/mol. The molecule has 0 amide bonds. The van der Waals surface area contributed by atoms with Crippen molar-refractivity contribution in [3.63, 3.8) is 0 Å². The van der Waals surface area contributed by atoms with E-state index in [1.165, 1.54) is 4.90 Å². The third kappa shape index (κ3) is 2.77. The minimum absolute atomic E-state index is 0.327. The largest absolute Gasteiger partial charge is 0.302 e. The first kappa shape index (κ1) is 11.1. The van der Waals surface area contributed by atoms with Crippen LogP contribution in [-0.4, -0.2) is 38.6 Å². The summed E-state index contributed by atoms with van der Waals surface area (Å²) in [5.41, 5.74) is 0. The van der Waals surface area contributed by atoms with Gasteiger partial charge in [0.15, 0.2) is 12.0 Å². The molecular weight excluding hydrogens is 208 g/mol. The zero-order valence-electron chi connectivity index (χ0n) is 7.38. The van der Waals surface area contributed by atoms with Crippen LogP contribution in [0, 0.1) is 11.5 Å². The van der Waals surface area contributed by atoms with Crippen molar-refractivity contribution in [2.24, 2.45) is 0 Å². The summed E-state index contributed by atoms with van der Waals surface area (Å²) in [7, 11) is 0. The van der Waals surface area contributed by atoms with Gasteiger partial charge in [-0.25, -0.2) is 0 Å². The van der Waals surface area contributed by atoms with Gasteiger partial charge in [-0.2, -0.15) is 9.47 Å². The number of nitriles is 1. The molecule has 2 atom stereocenters. The molecule has 1 fully saturated rings. The number of Topliss-reactive ketones (excluding diaryl/α,β-unsaturated/α-hetero) is 1. The summed E-state index contributed by atoms with van der Waals surface area (Å²) in [6.07, 6.45) is 3.29. The Balaban J connectivity index is 2.44. The topological polar surface area (TPSA) is 90.6 Å². The number of hydrogen-bond acceptors (Lipinski definition) is 5. The lowest BCUT2D eigenvalue weighted by Gasteiger charge is -2.15. The standard InChI is InChI=1S/C7H10N2O4S/c8-5-9-3-1-2-6(9)7(10)4-13-14(11)12/h6H,1-4H2,(H,11,12). The van der Waals surface area contributed by atoms with Gasteiger partial charge in [-0.3, -0.25) is 13.5 Å². The van der Waals surface area contributed by atoms with Gasteiger partial charge in [-0.1, -0.05) is 0 Å². The Morgan fingerprint density at radius 2 is 2.50 bits per heavy atom. The summed E-state index contributed by atoms with van der Waals surface area (Å²) in [5, 5.41) is 8.64. The first-order chi connectivity index (χ1) is 6.65. The molecule has 0 aromatic heterocycles. The SMILES string of the molecule is N#CN1CCCC1C(=O)COS(=O)O. The molecule has 0 spiro atoms. The molecule has 1 heterocycles. The fourth-order valence-electron chi connectivity index (χ4n) is 1.43. The number of nitrogens with zero attached hydrogens (tertiary/aromatic N) is 2. The van der Waals surface area contributed by atoms with Crippen molar-refractivity contribution in [2.45, 2.75) is 18.9 Å². The van der Waals surface area contributed by atoms with Crippen LogP contribution in [-0.2, 0) is 20.3 Å². The van der Waals surface area contributed by atoms with Crippen LogP contribution in [0.4, 0.5) is 0 Å². The lowest BCUT2D eigenvalue weighted by atomic mass is 10.1. The fourth-order valence-corrected chi connectivity index (χ4v) is 1.64. The highest BCUT2D eigenvalue weighted by Crippen LogP contribution is 2.16. The smallest absolute Gasteiger partial charge is 0.300 e. The Morgan fingerprint density at radius 3 is 3.07 bits per heavy atom. The molecule has 14 heavy (non-hydrogen) atoms. The Morgan fingerprint density at radius 1 is 1.79 bits per heavy atom. The normalized spacial score (nSPS) is 23.1. The molecule has 2 unspecified atom stereocenters. The van der Waals surface area contributed by atoms with Gasteiger partial charge in [0.1, 0.15) is 6.61 Å². The molecule has 0 saturated carbocycles. The Hall–Kier alpha value is -0.970. The quantitative estimate of drug-likeness (QED) is 0.512. The van der Waals surface area contributed by atoms with Crippen LogP contribution in [0.15, 0.2) is 0 Å². The van der Waals surface area contributed by atoms with E-state index >= 15 is 0 Å². The molecule has 0 aliphatic carbocycles. The highest BCUT2D eigenvalue weighted by Gasteiger charge is 2.29. The molecule has 0 radical (unpaired) electrons. The van der Waals surface area contributed by atoms with Crippen molar-refractivity contribution in [3.05, 3.63) is 0 Å². The van der Waals surface area contributed by atoms with Crippen molar-refractivity contribution in [3.8, 4) is 6.19 Å². The lowest BCUT2D eigenvalue weighted by Crippen LogP contribution is -2.35. The lowest BCUT2D eigenvalue weighted by molar-refractivity contribution is -0.124. The van der Waals surface area contributed by atoms with Gasteiger partial charge in [-0.15, -0.1) is 0 Å². The second-order valence-corrected chi connectivity index (χ2v) is 3.57. The number of hydrogen-bond donors (Lipinski definition) is 1. The van der Waals surface area contributed by atoms with E-state index in [4.69, 9.17) is 9.81 Å². The maximum Gasteiger partial charge on any atom is 0.302 e. The average molecular weight is 218 g/mol. The Kier molecular flexibility index (Phi) is 4.00. The highest BCUT2D eigenvalue weighted by atomic mass is 32.2. The minimum atomic E-state index is -2.42.